The molecule has 0 amide bonds. The number of rotatable bonds is 1. The standard InChI is InChI=1S/C15H20BFO2/c1-14(2)15(3,4)19-16(18-14)11-8-10-6-5-7-13(17)12(10)9-11/h5-7,11H,8-9H2,1-4H3. The van der Waals surface area contributed by atoms with Gasteiger partial charge in [-0.25, -0.2) is 4.39 Å². The highest BCUT2D eigenvalue weighted by Crippen LogP contribution is 2.44. The van der Waals surface area contributed by atoms with Gasteiger partial charge in [0.25, 0.3) is 0 Å². The Morgan fingerprint density at radius 3 is 2.32 bits per heavy atom. The average molecular weight is 262 g/mol. The summed E-state index contributed by atoms with van der Waals surface area (Å²) in [6.45, 7) is 8.21. The zero-order valence-electron chi connectivity index (χ0n) is 12.0. The quantitative estimate of drug-likeness (QED) is 0.722. The Balaban J connectivity index is 1.80. The first kappa shape index (κ1) is 13.1. The van der Waals surface area contributed by atoms with Crippen LogP contribution in [0, 0.1) is 5.82 Å². The Hall–Kier alpha value is -0.865. The van der Waals surface area contributed by atoms with Gasteiger partial charge >= 0.3 is 7.12 Å². The van der Waals surface area contributed by atoms with Gasteiger partial charge in [0, 0.05) is 5.82 Å². The summed E-state index contributed by atoms with van der Waals surface area (Å²) in [5.74, 6) is 0.115. The van der Waals surface area contributed by atoms with Crippen LogP contribution in [0.15, 0.2) is 18.2 Å². The molecular formula is C15H20BFO2. The van der Waals surface area contributed by atoms with E-state index < -0.39 is 0 Å². The van der Waals surface area contributed by atoms with E-state index in [4.69, 9.17) is 9.31 Å². The lowest BCUT2D eigenvalue weighted by molar-refractivity contribution is 0.00578. The molecule has 0 spiro atoms. The SMILES string of the molecule is CC1(C)OB(C2Cc3cccc(F)c3C2)OC1(C)C. The molecule has 1 fully saturated rings. The van der Waals surface area contributed by atoms with Crippen molar-refractivity contribution in [2.24, 2.45) is 0 Å². The molecular weight excluding hydrogens is 242 g/mol. The molecule has 1 heterocycles. The van der Waals surface area contributed by atoms with Crippen LogP contribution in [0.25, 0.3) is 0 Å². The van der Waals surface area contributed by atoms with Gasteiger partial charge in [-0.1, -0.05) is 12.1 Å². The fourth-order valence-corrected chi connectivity index (χ4v) is 2.91. The summed E-state index contributed by atoms with van der Waals surface area (Å²) >= 11 is 0. The van der Waals surface area contributed by atoms with Crippen molar-refractivity contribution >= 4 is 7.12 Å². The average Bonchev–Trinajstić information content (AvgIpc) is 2.80. The van der Waals surface area contributed by atoms with Gasteiger partial charge in [-0.15, -0.1) is 0 Å². The van der Waals surface area contributed by atoms with Crippen LogP contribution in [-0.2, 0) is 22.2 Å². The van der Waals surface area contributed by atoms with Gasteiger partial charge in [0.05, 0.1) is 11.2 Å². The fourth-order valence-electron chi connectivity index (χ4n) is 2.91. The smallest absolute Gasteiger partial charge is 0.403 e. The monoisotopic (exact) mass is 262 g/mol. The highest BCUT2D eigenvalue weighted by molar-refractivity contribution is 6.47. The minimum atomic E-state index is -0.314. The van der Waals surface area contributed by atoms with Gasteiger partial charge in [-0.05, 0) is 57.7 Å². The van der Waals surface area contributed by atoms with Crippen molar-refractivity contribution in [3.63, 3.8) is 0 Å². The van der Waals surface area contributed by atoms with E-state index in [2.05, 4.69) is 27.7 Å². The van der Waals surface area contributed by atoms with Crippen molar-refractivity contribution < 1.29 is 13.7 Å². The van der Waals surface area contributed by atoms with Gasteiger partial charge in [-0.3, -0.25) is 0 Å². The summed E-state index contributed by atoms with van der Waals surface area (Å²) in [5, 5.41) is 0. The minimum Gasteiger partial charge on any atom is -0.403 e. The van der Waals surface area contributed by atoms with E-state index in [0.29, 0.717) is 6.42 Å². The summed E-state index contributed by atoms with van der Waals surface area (Å²) in [5.41, 5.74) is 1.30. The van der Waals surface area contributed by atoms with Crippen LogP contribution < -0.4 is 0 Å². The second kappa shape index (κ2) is 4.06. The number of halogens is 1. The van der Waals surface area contributed by atoms with Crippen LogP contribution in [-0.4, -0.2) is 18.3 Å². The van der Waals surface area contributed by atoms with Gasteiger partial charge < -0.3 is 9.31 Å². The third-order valence-corrected chi connectivity index (χ3v) is 4.82. The zero-order valence-corrected chi connectivity index (χ0v) is 12.0. The molecule has 19 heavy (non-hydrogen) atoms. The molecule has 0 radical (unpaired) electrons. The first-order chi connectivity index (χ1) is 8.80. The normalized spacial score (nSPS) is 27.6. The van der Waals surface area contributed by atoms with Crippen LogP contribution in [0.2, 0.25) is 5.82 Å². The molecule has 0 bridgehead atoms. The van der Waals surface area contributed by atoms with E-state index in [9.17, 15) is 4.39 Å². The van der Waals surface area contributed by atoms with Crippen molar-refractivity contribution in [2.45, 2.75) is 57.6 Å². The topological polar surface area (TPSA) is 18.5 Å². The summed E-state index contributed by atoms with van der Waals surface area (Å²) in [6.07, 6.45) is 1.54. The molecule has 1 aromatic carbocycles. The van der Waals surface area contributed by atoms with E-state index in [1.807, 2.05) is 6.07 Å². The molecule has 1 aliphatic carbocycles. The largest absolute Gasteiger partial charge is 0.461 e. The highest BCUT2D eigenvalue weighted by atomic mass is 19.1. The molecule has 1 saturated heterocycles. The first-order valence-electron chi connectivity index (χ1n) is 6.92. The van der Waals surface area contributed by atoms with E-state index in [-0.39, 0.29) is 30.0 Å². The highest BCUT2D eigenvalue weighted by Gasteiger charge is 2.54. The molecule has 1 unspecified atom stereocenters. The lowest BCUT2D eigenvalue weighted by atomic mass is 9.70. The maximum Gasteiger partial charge on any atom is 0.461 e. The van der Waals surface area contributed by atoms with E-state index >= 15 is 0 Å². The van der Waals surface area contributed by atoms with Crippen molar-refractivity contribution in [3.05, 3.63) is 35.1 Å². The van der Waals surface area contributed by atoms with Crippen molar-refractivity contribution in [3.8, 4) is 0 Å². The maximum atomic E-state index is 13.8. The van der Waals surface area contributed by atoms with Gasteiger partial charge in [0.15, 0.2) is 0 Å². The van der Waals surface area contributed by atoms with Crippen LogP contribution in [0.3, 0.4) is 0 Å². The molecule has 102 valence electrons. The maximum absolute atomic E-state index is 13.8. The number of fused-ring (bicyclic) bond motifs is 1. The fraction of sp³-hybridized carbons (Fsp3) is 0.600. The third-order valence-electron chi connectivity index (χ3n) is 4.82. The molecule has 1 atom stereocenters. The predicted octanol–water partition coefficient (Wildman–Crippen LogP) is 3.39. The van der Waals surface area contributed by atoms with E-state index in [1.54, 1.807) is 6.07 Å². The summed E-state index contributed by atoms with van der Waals surface area (Å²) < 4.78 is 25.9. The second-order valence-electron chi connectivity index (χ2n) is 6.67. The number of hydrogen-bond donors (Lipinski definition) is 0. The molecule has 0 aromatic heterocycles. The summed E-state index contributed by atoms with van der Waals surface area (Å²) in [7, 11) is -0.239. The van der Waals surface area contributed by atoms with Gasteiger partial charge in [0.1, 0.15) is 5.82 Å². The van der Waals surface area contributed by atoms with E-state index in [1.165, 1.54) is 6.07 Å². The van der Waals surface area contributed by atoms with Crippen LogP contribution >= 0.6 is 0 Å². The predicted molar refractivity (Wildman–Crippen MR) is 73.6 cm³/mol. The second-order valence-corrected chi connectivity index (χ2v) is 6.67. The Morgan fingerprint density at radius 2 is 1.74 bits per heavy atom. The van der Waals surface area contributed by atoms with Gasteiger partial charge in [0.2, 0.25) is 0 Å². The third kappa shape index (κ3) is 2.02. The van der Waals surface area contributed by atoms with Crippen LogP contribution in [0.1, 0.15) is 38.8 Å². The van der Waals surface area contributed by atoms with Crippen molar-refractivity contribution in [1.29, 1.82) is 0 Å². The number of benzene rings is 1. The lowest BCUT2D eigenvalue weighted by Gasteiger charge is -2.32. The Bertz CT molecular complexity index is 497. The molecule has 0 N–H and O–H groups in total. The Morgan fingerprint density at radius 1 is 1.11 bits per heavy atom. The first-order valence-corrected chi connectivity index (χ1v) is 6.92. The van der Waals surface area contributed by atoms with Crippen LogP contribution in [0.5, 0.6) is 0 Å². The molecule has 1 aromatic rings. The molecule has 4 heteroatoms. The number of hydrogen-bond acceptors (Lipinski definition) is 2. The summed E-state index contributed by atoms with van der Waals surface area (Å²) in [4.78, 5) is 0. The molecule has 2 aliphatic rings. The van der Waals surface area contributed by atoms with E-state index in [0.717, 1.165) is 17.5 Å². The van der Waals surface area contributed by atoms with Crippen molar-refractivity contribution in [2.75, 3.05) is 0 Å². The zero-order chi connectivity index (χ0) is 13.8. The molecule has 3 rings (SSSR count). The Kier molecular flexibility index (Phi) is 2.81. The van der Waals surface area contributed by atoms with Crippen molar-refractivity contribution in [1.82, 2.24) is 0 Å². The molecule has 1 aliphatic heterocycles. The molecule has 2 nitrogen and oxygen atoms in total. The summed E-state index contributed by atoms with van der Waals surface area (Å²) in [6, 6.07) is 5.32. The molecule has 0 saturated carbocycles. The minimum absolute atomic E-state index is 0.100. The van der Waals surface area contributed by atoms with Gasteiger partial charge in [-0.2, -0.15) is 0 Å². The lowest BCUT2D eigenvalue weighted by Crippen LogP contribution is -2.41. The van der Waals surface area contributed by atoms with Crippen LogP contribution in [0.4, 0.5) is 4.39 Å². The Labute approximate surface area is 114 Å².